The smallest absolute Gasteiger partial charge is 0.164 e. The van der Waals surface area contributed by atoms with Gasteiger partial charge in [0, 0.05) is 42.2 Å². The zero-order chi connectivity index (χ0) is 29.4. The van der Waals surface area contributed by atoms with Gasteiger partial charge in [0.1, 0.15) is 11.6 Å². The molecule has 0 radical (unpaired) electrons. The maximum absolute atomic E-state index is 14.2. The summed E-state index contributed by atoms with van der Waals surface area (Å²) in [5.41, 5.74) is 3.42. The summed E-state index contributed by atoms with van der Waals surface area (Å²) < 4.78 is 53.3. The molecule has 2 unspecified atom stereocenters. The molecule has 5 rings (SSSR count). The topological polar surface area (TPSA) is 40.6 Å². The number of hydrogen-bond acceptors (Lipinski definition) is 4. The molecule has 1 saturated carbocycles. The summed E-state index contributed by atoms with van der Waals surface area (Å²) in [7, 11) is -3.84. The van der Waals surface area contributed by atoms with Crippen molar-refractivity contribution >= 4 is 21.4 Å². The van der Waals surface area contributed by atoms with Crippen LogP contribution in [0.5, 0.6) is 0 Å². The average molecular weight is 599 g/mol. The first kappa shape index (κ1) is 29.7. The van der Waals surface area contributed by atoms with Crippen LogP contribution in [0.15, 0.2) is 79.0 Å². The van der Waals surface area contributed by atoms with Crippen LogP contribution < -0.4 is 0 Å². The summed E-state index contributed by atoms with van der Waals surface area (Å²) in [6.45, 7) is 8.28. The minimum atomic E-state index is -3.84. The number of rotatable bonds is 9. The van der Waals surface area contributed by atoms with Crippen LogP contribution in [0.3, 0.4) is 0 Å². The largest absolute Gasteiger partial charge is 0.360 e. The lowest BCUT2D eigenvalue weighted by molar-refractivity contribution is 0.155. The third-order valence-corrected chi connectivity index (χ3v) is 11.0. The monoisotopic (exact) mass is 598 g/mol. The summed E-state index contributed by atoms with van der Waals surface area (Å²) in [6, 6.07) is 19.1. The molecule has 0 bridgehead atoms. The molecule has 3 aromatic carbocycles. The van der Waals surface area contributed by atoms with E-state index in [0.717, 1.165) is 48.7 Å². The number of hydrogen-bond donors (Lipinski definition) is 0. The molecule has 2 fully saturated rings. The van der Waals surface area contributed by atoms with E-state index in [1.807, 2.05) is 17.0 Å². The van der Waals surface area contributed by atoms with E-state index in [-0.39, 0.29) is 23.8 Å². The summed E-state index contributed by atoms with van der Waals surface area (Å²) in [4.78, 5) is 4.46. The van der Waals surface area contributed by atoms with Crippen molar-refractivity contribution in [2.75, 3.05) is 19.3 Å². The predicted octanol–water partition coefficient (Wildman–Crippen LogP) is 7.63. The van der Waals surface area contributed by atoms with Gasteiger partial charge in [-0.3, -0.25) is 4.90 Å². The molecule has 0 aromatic heterocycles. The minimum absolute atomic E-state index is 0.00783. The Morgan fingerprint density at radius 2 is 1.54 bits per heavy atom. The van der Waals surface area contributed by atoms with Gasteiger partial charge in [-0.2, -0.15) is 0 Å². The Hall–Kier alpha value is -2.74. The highest BCUT2D eigenvalue weighted by Gasteiger charge is 2.58. The number of halogens is 3. The van der Waals surface area contributed by atoms with Crippen LogP contribution in [0.25, 0.3) is 0 Å². The molecule has 1 saturated heterocycles. The molecule has 2 atom stereocenters. The molecule has 0 amide bonds. The minimum Gasteiger partial charge on any atom is -0.360 e. The van der Waals surface area contributed by atoms with Gasteiger partial charge in [-0.15, -0.1) is 0 Å². The first-order chi connectivity index (χ1) is 19.5. The number of sulfone groups is 1. The molecule has 8 heteroatoms. The van der Waals surface area contributed by atoms with E-state index in [1.165, 1.54) is 37.7 Å². The standard InChI is InChI=1S/C33H37ClF2N2O2S/c1-4-37(31-8-6-5-7-9-31)21-24-10-12-25(13-11-24)32(26-14-16-28(34)17-15-26)38-22-33(23(38)2,41(3,39)40)27-18-29(35)20-30(36)19-27/h10-20,31-32H,2,4-9,21-22H2,1,3H3. The van der Waals surface area contributed by atoms with Crippen LogP contribution >= 0.6 is 11.6 Å². The summed E-state index contributed by atoms with van der Waals surface area (Å²) in [5.74, 6) is -1.65. The second kappa shape index (κ2) is 11.9. The van der Waals surface area contributed by atoms with Crippen molar-refractivity contribution in [3.05, 3.63) is 118 Å². The van der Waals surface area contributed by atoms with E-state index in [4.69, 9.17) is 11.6 Å². The van der Waals surface area contributed by atoms with Crippen molar-refractivity contribution in [3.8, 4) is 0 Å². The molecule has 0 spiro atoms. The predicted molar refractivity (Wildman–Crippen MR) is 161 cm³/mol. The summed E-state index contributed by atoms with van der Waals surface area (Å²) in [6.07, 6.45) is 7.50. The zero-order valence-corrected chi connectivity index (χ0v) is 25.2. The van der Waals surface area contributed by atoms with Gasteiger partial charge in [-0.05, 0) is 65.9 Å². The lowest BCUT2D eigenvalue weighted by Gasteiger charge is -2.55. The molecular formula is C33H37ClF2N2O2S. The van der Waals surface area contributed by atoms with Crippen molar-refractivity contribution in [2.45, 2.75) is 62.4 Å². The van der Waals surface area contributed by atoms with Gasteiger partial charge < -0.3 is 4.90 Å². The molecule has 0 N–H and O–H groups in total. The third kappa shape index (κ3) is 5.81. The molecule has 218 valence electrons. The summed E-state index contributed by atoms with van der Waals surface area (Å²) >= 11 is 6.19. The van der Waals surface area contributed by atoms with Gasteiger partial charge in [0.15, 0.2) is 14.6 Å². The maximum atomic E-state index is 14.2. The van der Waals surface area contributed by atoms with Gasteiger partial charge in [-0.25, -0.2) is 17.2 Å². The van der Waals surface area contributed by atoms with Gasteiger partial charge in [-0.1, -0.05) is 80.8 Å². The highest BCUT2D eigenvalue weighted by molar-refractivity contribution is 7.92. The van der Waals surface area contributed by atoms with E-state index >= 15 is 0 Å². The normalized spacial score (nSPS) is 20.7. The van der Waals surface area contributed by atoms with Crippen LogP contribution in [0, 0.1) is 11.6 Å². The van der Waals surface area contributed by atoms with Crippen LogP contribution in [-0.2, 0) is 21.1 Å². The zero-order valence-electron chi connectivity index (χ0n) is 23.6. The van der Waals surface area contributed by atoms with Gasteiger partial charge in [0.05, 0.1) is 6.04 Å². The molecule has 2 aliphatic rings. The first-order valence-corrected chi connectivity index (χ1v) is 16.5. The fraction of sp³-hybridized carbons (Fsp3) is 0.394. The van der Waals surface area contributed by atoms with Crippen molar-refractivity contribution in [1.82, 2.24) is 9.80 Å². The second-order valence-corrected chi connectivity index (χ2v) is 14.1. The van der Waals surface area contributed by atoms with Gasteiger partial charge in [0.25, 0.3) is 0 Å². The highest BCUT2D eigenvalue weighted by Crippen LogP contribution is 2.52. The van der Waals surface area contributed by atoms with E-state index < -0.39 is 26.2 Å². The molecule has 1 aliphatic carbocycles. The molecular weight excluding hydrogens is 562 g/mol. The molecule has 41 heavy (non-hydrogen) atoms. The molecule has 4 nitrogen and oxygen atoms in total. The SMILES string of the molecule is C=C1N(C(c2ccc(Cl)cc2)c2ccc(CN(CC)C3CCCCC3)cc2)CC1(c1cc(F)cc(F)c1)S(C)(=O)=O. The molecule has 1 heterocycles. The Bertz CT molecular complexity index is 1480. The van der Waals surface area contributed by atoms with Crippen molar-refractivity contribution in [3.63, 3.8) is 0 Å². The van der Waals surface area contributed by atoms with Crippen LogP contribution in [-0.4, -0.2) is 43.6 Å². The van der Waals surface area contributed by atoms with Gasteiger partial charge in [0.2, 0.25) is 0 Å². The Morgan fingerprint density at radius 3 is 2.05 bits per heavy atom. The van der Waals surface area contributed by atoms with Crippen LogP contribution in [0.4, 0.5) is 8.78 Å². The number of nitrogens with zero attached hydrogens (tertiary/aromatic N) is 2. The van der Waals surface area contributed by atoms with Gasteiger partial charge >= 0.3 is 0 Å². The fourth-order valence-corrected chi connectivity index (χ4v) is 8.18. The number of likely N-dealkylation sites (tertiary alicyclic amines) is 1. The number of benzene rings is 3. The quantitative estimate of drug-likeness (QED) is 0.254. The van der Waals surface area contributed by atoms with E-state index in [1.54, 1.807) is 12.1 Å². The summed E-state index contributed by atoms with van der Waals surface area (Å²) in [5, 5.41) is 0.591. The Balaban J connectivity index is 1.47. The maximum Gasteiger partial charge on any atom is 0.164 e. The van der Waals surface area contributed by atoms with Crippen LogP contribution in [0.1, 0.15) is 67.3 Å². The van der Waals surface area contributed by atoms with Crippen molar-refractivity contribution in [1.29, 1.82) is 0 Å². The molecule has 3 aromatic rings. The van der Waals surface area contributed by atoms with E-state index in [9.17, 15) is 17.2 Å². The van der Waals surface area contributed by atoms with Crippen molar-refractivity contribution in [2.24, 2.45) is 0 Å². The fourth-order valence-electron chi connectivity index (χ4n) is 6.59. The lowest BCUT2D eigenvalue weighted by Crippen LogP contribution is -2.61. The van der Waals surface area contributed by atoms with E-state index in [2.05, 4.69) is 42.7 Å². The third-order valence-electron chi connectivity index (χ3n) is 8.84. The Morgan fingerprint density at radius 1 is 0.976 bits per heavy atom. The Labute approximate surface area is 247 Å². The first-order valence-electron chi connectivity index (χ1n) is 14.2. The Kier molecular flexibility index (Phi) is 8.61. The highest BCUT2D eigenvalue weighted by atomic mass is 35.5. The average Bonchev–Trinajstić information content (AvgIpc) is 2.94. The molecule has 1 aliphatic heterocycles. The van der Waals surface area contributed by atoms with Crippen LogP contribution in [0.2, 0.25) is 5.02 Å². The second-order valence-electron chi connectivity index (χ2n) is 11.4. The van der Waals surface area contributed by atoms with Crippen molar-refractivity contribution < 1.29 is 17.2 Å². The lowest BCUT2D eigenvalue weighted by atomic mass is 9.82. The van der Waals surface area contributed by atoms with E-state index in [0.29, 0.717) is 11.1 Å².